The fourth-order valence-electron chi connectivity index (χ4n) is 1.45. The Kier molecular flexibility index (Phi) is 2.09. The highest BCUT2D eigenvalue weighted by atomic mass is 16.3. The van der Waals surface area contributed by atoms with Crippen LogP contribution in [0.5, 0.6) is 0 Å². The predicted octanol–water partition coefficient (Wildman–Crippen LogP) is 3.95. The zero-order valence-corrected chi connectivity index (χ0v) is 8.08. The van der Waals surface area contributed by atoms with Crippen molar-refractivity contribution in [3.05, 3.63) is 36.1 Å². The fourth-order valence-corrected chi connectivity index (χ4v) is 1.45. The molecule has 2 aromatic rings. The van der Waals surface area contributed by atoms with Crippen LogP contribution in [-0.4, -0.2) is 0 Å². The van der Waals surface area contributed by atoms with Crippen LogP contribution >= 0.6 is 0 Å². The molecule has 1 unspecified atom stereocenters. The molecular weight excluding hydrogens is 160 g/mol. The van der Waals surface area contributed by atoms with Gasteiger partial charge in [0.15, 0.2) is 0 Å². The number of furan rings is 1. The van der Waals surface area contributed by atoms with Gasteiger partial charge < -0.3 is 4.42 Å². The minimum Gasteiger partial charge on any atom is -0.461 e. The Morgan fingerprint density at radius 1 is 1.31 bits per heavy atom. The molecule has 1 aromatic heterocycles. The molecule has 0 aliphatic heterocycles. The Morgan fingerprint density at radius 3 is 2.77 bits per heavy atom. The minimum absolute atomic E-state index is 0.521. The first-order valence-corrected chi connectivity index (χ1v) is 4.79. The smallest absolute Gasteiger partial charge is 0.134 e. The van der Waals surface area contributed by atoms with Gasteiger partial charge in [-0.2, -0.15) is 0 Å². The number of benzene rings is 1. The van der Waals surface area contributed by atoms with Gasteiger partial charge in [0.2, 0.25) is 0 Å². The summed E-state index contributed by atoms with van der Waals surface area (Å²) in [7, 11) is 0. The van der Waals surface area contributed by atoms with E-state index in [4.69, 9.17) is 4.42 Å². The first-order chi connectivity index (χ1) is 6.31. The molecule has 0 fully saturated rings. The van der Waals surface area contributed by atoms with E-state index >= 15 is 0 Å². The molecule has 13 heavy (non-hydrogen) atoms. The summed E-state index contributed by atoms with van der Waals surface area (Å²) < 4.78 is 5.72. The predicted molar refractivity (Wildman–Crippen MR) is 54.9 cm³/mol. The van der Waals surface area contributed by atoms with Crippen molar-refractivity contribution in [3.63, 3.8) is 0 Å². The van der Waals surface area contributed by atoms with Crippen LogP contribution in [0.3, 0.4) is 0 Å². The SMILES string of the molecule is CCC(C)c1cc2ccccc2o1. The Bertz CT molecular complexity index is 367. The van der Waals surface area contributed by atoms with Crippen LogP contribution in [0.25, 0.3) is 11.0 Å². The summed E-state index contributed by atoms with van der Waals surface area (Å²) in [5.74, 6) is 1.62. The average molecular weight is 174 g/mol. The highest BCUT2D eigenvalue weighted by Gasteiger charge is 2.08. The summed E-state index contributed by atoms with van der Waals surface area (Å²) in [6.45, 7) is 4.37. The molecule has 0 aliphatic carbocycles. The van der Waals surface area contributed by atoms with Crippen molar-refractivity contribution in [1.82, 2.24) is 0 Å². The molecule has 0 bridgehead atoms. The van der Waals surface area contributed by atoms with Crippen LogP contribution in [0, 0.1) is 0 Å². The van der Waals surface area contributed by atoms with Crippen LogP contribution in [0.2, 0.25) is 0 Å². The second-order valence-corrected chi connectivity index (χ2v) is 3.50. The van der Waals surface area contributed by atoms with Gasteiger partial charge in [-0.3, -0.25) is 0 Å². The molecule has 68 valence electrons. The quantitative estimate of drug-likeness (QED) is 0.672. The maximum absolute atomic E-state index is 5.72. The van der Waals surface area contributed by atoms with E-state index in [9.17, 15) is 0 Å². The van der Waals surface area contributed by atoms with Crippen molar-refractivity contribution >= 4 is 11.0 Å². The van der Waals surface area contributed by atoms with Gasteiger partial charge in [0.25, 0.3) is 0 Å². The van der Waals surface area contributed by atoms with Crippen molar-refractivity contribution in [2.75, 3.05) is 0 Å². The third-order valence-corrected chi connectivity index (χ3v) is 2.54. The van der Waals surface area contributed by atoms with E-state index in [1.807, 2.05) is 18.2 Å². The second kappa shape index (κ2) is 3.25. The molecule has 0 aliphatic rings. The van der Waals surface area contributed by atoms with E-state index < -0.39 is 0 Å². The number of hydrogen-bond donors (Lipinski definition) is 0. The molecule has 0 N–H and O–H groups in total. The van der Waals surface area contributed by atoms with Gasteiger partial charge in [0.05, 0.1) is 0 Å². The molecule has 1 aromatic carbocycles. The Labute approximate surface area is 78.4 Å². The topological polar surface area (TPSA) is 13.1 Å². The lowest BCUT2D eigenvalue weighted by atomic mass is 10.1. The number of hydrogen-bond acceptors (Lipinski definition) is 1. The molecule has 0 spiro atoms. The highest BCUT2D eigenvalue weighted by molar-refractivity contribution is 5.77. The lowest BCUT2D eigenvalue weighted by Gasteiger charge is -2.01. The van der Waals surface area contributed by atoms with Crippen LogP contribution in [0.1, 0.15) is 31.9 Å². The second-order valence-electron chi connectivity index (χ2n) is 3.50. The molecule has 0 amide bonds. The molecule has 0 saturated heterocycles. The standard InChI is InChI=1S/C12H14O/c1-3-9(2)12-8-10-6-4-5-7-11(10)13-12/h4-9H,3H2,1-2H3. The van der Waals surface area contributed by atoms with Crippen LogP contribution in [0.15, 0.2) is 34.7 Å². The third kappa shape index (κ3) is 1.46. The van der Waals surface area contributed by atoms with E-state index in [1.54, 1.807) is 0 Å². The van der Waals surface area contributed by atoms with E-state index in [1.165, 1.54) is 5.39 Å². The van der Waals surface area contributed by atoms with Crippen molar-refractivity contribution < 1.29 is 4.42 Å². The first-order valence-electron chi connectivity index (χ1n) is 4.79. The van der Waals surface area contributed by atoms with Gasteiger partial charge >= 0.3 is 0 Å². The van der Waals surface area contributed by atoms with E-state index in [0.717, 1.165) is 17.8 Å². The summed E-state index contributed by atoms with van der Waals surface area (Å²) >= 11 is 0. The normalized spacial score (nSPS) is 13.4. The highest BCUT2D eigenvalue weighted by Crippen LogP contribution is 2.26. The summed E-state index contributed by atoms with van der Waals surface area (Å²) in [4.78, 5) is 0. The maximum Gasteiger partial charge on any atom is 0.134 e. The van der Waals surface area contributed by atoms with Crippen LogP contribution in [-0.2, 0) is 0 Å². The molecule has 1 heterocycles. The monoisotopic (exact) mass is 174 g/mol. The summed E-state index contributed by atoms with van der Waals surface area (Å²) in [6, 6.07) is 10.3. The largest absolute Gasteiger partial charge is 0.461 e. The van der Waals surface area contributed by atoms with Gasteiger partial charge in [0.1, 0.15) is 11.3 Å². The van der Waals surface area contributed by atoms with Gasteiger partial charge in [-0.1, -0.05) is 32.0 Å². The van der Waals surface area contributed by atoms with Gasteiger partial charge in [-0.15, -0.1) is 0 Å². The summed E-state index contributed by atoms with van der Waals surface area (Å²) in [5, 5.41) is 1.21. The molecule has 1 atom stereocenters. The number of rotatable bonds is 2. The lowest BCUT2D eigenvalue weighted by molar-refractivity contribution is 0.499. The van der Waals surface area contributed by atoms with Crippen molar-refractivity contribution in [3.8, 4) is 0 Å². The van der Waals surface area contributed by atoms with Gasteiger partial charge in [0, 0.05) is 11.3 Å². The number of fused-ring (bicyclic) bond motifs is 1. The third-order valence-electron chi connectivity index (χ3n) is 2.54. The van der Waals surface area contributed by atoms with E-state index in [0.29, 0.717) is 5.92 Å². The van der Waals surface area contributed by atoms with Crippen molar-refractivity contribution in [1.29, 1.82) is 0 Å². The zero-order chi connectivity index (χ0) is 9.26. The summed E-state index contributed by atoms with van der Waals surface area (Å²) in [5.41, 5.74) is 0.998. The van der Waals surface area contributed by atoms with E-state index in [2.05, 4.69) is 26.0 Å². The zero-order valence-electron chi connectivity index (χ0n) is 8.08. The van der Waals surface area contributed by atoms with Crippen molar-refractivity contribution in [2.24, 2.45) is 0 Å². The van der Waals surface area contributed by atoms with E-state index in [-0.39, 0.29) is 0 Å². The lowest BCUT2D eigenvalue weighted by Crippen LogP contribution is -1.86. The Morgan fingerprint density at radius 2 is 2.08 bits per heavy atom. The van der Waals surface area contributed by atoms with Gasteiger partial charge in [-0.25, -0.2) is 0 Å². The molecule has 2 rings (SSSR count). The van der Waals surface area contributed by atoms with Crippen LogP contribution in [0.4, 0.5) is 0 Å². The average Bonchev–Trinajstić information content (AvgIpc) is 2.59. The fraction of sp³-hybridized carbons (Fsp3) is 0.333. The van der Waals surface area contributed by atoms with Crippen molar-refractivity contribution in [2.45, 2.75) is 26.2 Å². The molecule has 1 nitrogen and oxygen atoms in total. The number of para-hydroxylation sites is 1. The molecule has 0 radical (unpaired) electrons. The first kappa shape index (κ1) is 8.36. The Hall–Kier alpha value is -1.24. The minimum atomic E-state index is 0.521. The molecule has 0 saturated carbocycles. The molecular formula is C12H14O. The summed E-state index contributed by atoms with van der Waals surface area (Å²) in [6.07, 6.45) is 1.12. The van der Waals surface area contributed by atoms with Crippen LogP contribution < -0.4 is 0 Å². The maximum atomic E-state index is 5.72. The Balaban J connectivity index is 2.49. The molecule has 1 heteroatoms. The van der Waals surface area contributed by atoms with Gasteiger partial charge in [-0.05, 0) is 18.6 Å².